The Morgan fingerprint density at radius 2 is 2.05 bits per heavy atom. The van der Waals surface area contributed by atoms with Crippen LogP contribution in [0, 0.1) is 5.41 Å². The Morgan fingerprint density at radius 1 is 1.33 bits per heavy atom. The highest BCUT2D eigenvalue weighted by Gasteiger charge is 2.39. The molecule has 118 valence electrons. The van der Waals surface area contributed by atoms with Crippen molar-refractivity contribution in [1.29, 1.82) is 0 Å². The second-order valence-electron chi connectivity index (χ2n) is 5.48. The first-order valence-corrected chi connectivity index (χ1v) is 8.39. The molecule has 1 aliphatic heterocycles. The molecule has 0 radical (unpaired) electrons. The number of aliphatic hydroxyl groups excluding tert-OH is 1. The molecule has 0 spiro atoms. The Labute approximate surface area is 124 Å². The van der Waals surface area contributed by atoms with Crippen LogP contribution in [-0.2, 0) is 14.9 Å². The number of rotatable bonds is 6. The van der Waals surface area contributed by atoms with Crippen molar-refractivity contribution in [3.05, 3.63) is 30.3 Å². The Balaban J connectivity index is 1.84. The first kappa shape index (κ1) is 16.2. The fourth-order valence-electron chi connectivity index (χ4n) is 2.43. The summed E-state index contributed by atoms with van der Waals surface area (Å²) in [7, 11) is -4.14. The first-order valence-electron chi connectivity index (χ1n) is 6.78. The van der Waals surface area contributed by atoms with Gasteiger partial charge in [0.05, 0.1) is 25.1 Å². The van der Waals surface area contributed by atoms with Crippen molar-refractivity contribution in [1.82, 2.24) is 0 Å². The van der Waals surface area contributed by atoms with E-state index in [1.165, 1.54) is 0 Å². The van der Waals surface area contributed by atoms with Crippen LogP contribution >= 0.6 is 0 Å². The van der Waals surface area contributed by atoms with E-state index in [1.807, 2.05) is 30.3 Å². The van der Waals surface area contributed by atoms with Gasteiger partial charge in [-0.1, -0.05) is 18.2 Å². The zero-order valence-corrected chi connectivity index (χ0v) is 12.5. The molecule has 1 saturated heterocycles. The van der Waals surface area contributed by atoms with Gasteiger partial charge in [-0.15, -0.1) is 0 Å². The van der Waals surface area contributed by atoms with Gasteiger partial charge in [0.25, 0.3) is 10.1 Å². The van der Waals surface area contributed by atoms with Crippen LogP contribution in [0.2, 0.25) is 0 Å². The van der Waals surface area contributed by atoms with Crippen LogP contribution in [0.25, 0.3) is 0 Å². The zero-order valence-electron chi connectivity index (χ0n) is 11.6. The Morgan fingerprint density at radius 3 is 2.57 bits per heavy atom. The van der Waals surface area contributed by atoms with Crippen molar-refractivity contribution in [3.8, 4) is 5.75 Å². The molecule has 1 aliphatic rings. The van der Waals surface area contributed by atoms with Gasteiger partial charge in [-0.05, 0) is 25.0 Å². The largest absolute Gasteiger partial charge is 0.491 e. The average molecular weight is 316 g/mol. The minimum atomic E-state index is -4.14. The number of benzene rings is 1. The molecule has 2 N–H and O–H groups in total. The van der Waals surface area contributed by atoms with Crippen LogP contribution < -0.4 is 4.74 Å². The lowest BCUT2D eigenvalue weighted by atomic mass is 9.84. The van der Waals surface area contributed by atoms with Crippen molar-refractivity contribution >= 4 is 10.1 Å². The summed E-state index contributed by atoms with van der Waals surface area (Å²) in [5.41, 5.74) is -0.920. The van der Waals surface area contributed by atoms with Gasteiger partial charge >= 0.3 is 0 Å². The molecule has 6 nitrogen and oxygen atoms in total. The summed E-state index contributed by atoms with van der Waals surface area (Å²) in [5, 5.41) is 9.41. The lowest BCUT2D eigenvalue weighted by molar-refractivity contribution is -0.0861. The van der Waals surface area contributed by atoms with Gasteiger partial charge in [0, 0.05) is 5.41 Å². The maximum atomic E-state index is 11.0. The zero-order chi connectivity index (χ0) is 15.3. The smallest absolute Gasteiger partial charge is 0.265 e. The van der Waals surface area contributed by atoms with E-state index in [2.05, 4.69) is 0 Å². The maximum absolute atomic E-state index is 11.0. The highest BCUT2D eigenvalue weighted by atomic mass is 32.2. The lowest BCUT2D eigenvalue weighted by Crippen LogP contribution is -2.45. The number of hydrogen-bond donors (Lipinski definition) is 2. The van der Waals surface area contributed by atoms with Crippen molar-refractivity contribution in [2.45, 2.75) is 18.9 Å². The third-order valence-electron chi connectivity index (χ3n) is 3.62. The van der Waals surface area contributed by atoms with E-state index in [1.54, 1.807) is 0 Å². The van der Waals surface area contributed by atoms with Crippen molar-refractivity contribution < 1.29 is 27.6 Å². The molecule has 1 aromatic carbocycles. The van der Waals surface area contributed by atoms with Crippen molar-refractivity contribution in [3.63, 3.8) is 0 Å². The summed E-state index contributed by atoms with van der Waals surface area (Å²) < 4.78 is 42.2. The predicted octanol–water partition coefficient (Wildman–Crippen LogP) is 1.11. The molecule has 1 heterocycles. The summed E-state index contributed by atoms with van der Waals surface area (Å²) in [4.78, 5) is 0. The molecule has 0 saturated carbocycles. The van der Waals surface area contributed by atoms with Gasteiger partial charge in [-0.2, -0.15) is 8.42 Å². The predicted molar refractivity (Wildman–Crippen MR) is 76.8 cm³/mol. The Hall–Kier alpha value is -1.15. The van der Waals surface area contributed by atoms with E-state index < -0.39 is 21.3 Å². The monoisotopic (exact) mass is 316 g/mol. The molecule has 7 heteroatoms. The van der Waals surface area contributed by atoms with Gasteiger partial charge in [0.1, 0.15) is 12.4 Å². The van der Waals surface area contributed by atoms with E-state index in [9.17, 15) is 13.5 Å². The summed E-state index contributed by atoms with van der Waals surface area (Å²) in [5.74, 6) is 0.265. The van der Waals surface area contributed by atoms with Gasteiger partial charge in [-0.25, -0.2) is 0 Å². The van der Waals surface area contributed by atoms with E-state index in [0.29, 0.717) is 19.4 Å². The van der Waals surface area contributed by atoms with Gasteiger partial charge in [0.15, 0.2) is 0 Å². The van der Waals surface area contributed by atoms with Crippen LogP contribution in [0.1, 0.15) is 12.8 Å². The third kappa shape index (κ3) is 4.96. The van der Waals surface area contributed by atoms with Gasteiger partial charge in [-0.3, -0.25) is 4.55 Å². The molecule has 0 aromatic heterocycles. The second kappa shape index (κ2) is 6.74. The SMILES string of the molecule is O=S(=O)(O)CC1(CO)CCC(COc2ccccc2)OC1. The quantitative estimate of drug-likeness (QED) is 0.764. The average Bonchev–Trinajstić information content (AvgIpc) is 2.46. The van der Waals surface area contributed by atoms with E-state index in [4.69, 9.17) is 14.0 Å². The molecular weight excluding hydrogens is 296 g/mol. The first-order chi connectivity index (χ1) is 9.92. The maximum Gasteiger partial charge on any atom is 0.265 e. The molecule has 0 aliphatic carbocycles. The summed E-state index contributed by atoms with van der Waals surface area (Å²) in [6.45, 7) is 0.128. The number of hydrogen-bond acceptors (Lipinski definition) is 5. The fourth-order valence-corrected chi connectivity index (χ4v) is 3.52. The van der Waals surface area contributed by atoms with Crippen LogP contribution in [0.15, 0.2) is 30.3 Å². The van der Waals surface area contributed by atoms with Crippen LogP contribution in [0.5, 0.6) is 5.75 Å². The van der Waals surface area contributed by atoms with Crippen molar-refractivity contribution in [2.24, 2.45) is 5.41 Å². The van der Waals surface area contributed by atoms with Crippen LogP contribution in [-0.4, -0.2) is 49.8 Å². The van der Waals surface area contributed by atoms with E-state index in [-0.39, 0.29) is 19.3 Å². The number of para-hydroxylation sites is 1. The molecule has 2 atom stereocenters. The number of aliphatic hydroxyl groups is 1. The van der Waals surface area contributed by atoms with Gasteiger partial charge in [0.2, 0.25) is 0 Å². The molecule has 2 unspecified atom stereocenters. The lowest BCUT2D eigenvalue weighted by Gasteiger charge is -2.37. The van der Waals surface area contributed by atoms with Gasteiger partial charge < -0.3 is 14.6 Å². The standard InChI is InChI=1S/C14H20O6S/c15-9-14(11-21(16,17)18)7-6-13(20-10-14)8-19-12-4-2-1-3-5-12/h1-5,13,15H,6-11H2,(H,16,17,18). The van der Waals surface area contributed by atoms with Crippen LogP contribution in [0.4, 0.5) is 0 Å². The molecule has 21 heavy (non-hydrogen) atoms. The van der Waals surface area contributed by atoms with Crippen molar-refractivity contribution in [2.75, 3.05) is 25.6 Å². The second-order valence-corrected chi connectivity index (χ2v) is 6.93. The minimum absolute atomic E-state index is 0.0894. The minimum Gasteiger partial charge on any atom is -0.491 e. The normalized spacial score (nSPS) is 26.5. The molecular formula is C14H20O6S. The topological polar surface area (TPSA) is 93.1 Å². The number of ether oxygens (including phenoxy) is 2. The fraction of sp³-hybridized carbons (Fsp3) is 0.571. The highest BCUT2D eigenvalue weighted by molar-refractivity contribution is 7.85. The molecule has 1 aromatic rings. The summed E-state index contributed by atoms with van der Waals surface area (Å²) >= 11 is 0. The Kier molecular flexibility index (Phi) is 5.21. The van der Waals surface area contributed by atoms with Crippen LogP contribution in [0.3, 0.4) is 0 Å². The van der Waals surface area contributed by atoms with E-state index in [0.717, 1.165) is 5.75 Å². The highest BCUT2D eigenvalue weighted by Crippen LogP contribution is 2.32. The molecule has 2 rings (SSSR count). The molecule has 1 fully saturated rings. The summed E-state index contributed by atoms with van der Waals surface area (Å²) in [6.07, 6.45) is 0.890. The Bertz CT molecular complexity index is 534. The van der Waals surface area contributed by atoms with E-state index >= 15 is 0 Å². The summed E-state index contributed by atoms with van der Waals surface area (Å²) in [6, 6.07) is 9.34. The third-order valence-corrected chi connectivity index (χ3v) is 4.60. The molecule has 0 amide bonds. The molecule has 0 bridgehead atoms.